The molecule has 0 radical (unpaired) electrons. The Labute approximate surface area is 101 Å². The van der Waals surface area contributed by atoms with Gasteiger partial charge >= 0.3 is 0 Å². The van der Waals surface area contributed by atoms with E-state index in [4.69, 9.17) is 4.42 Å². The van der Waals surface area contributed by atoms with Crippen LogP contribution in [-0.4, -0.2) is 9.97 Å². The third kappa shape index (κ3) is 1.46. The van der Waals surface area contributed by atoms with E-state index < -0.39 is 0 Å². The fraction of sp³-hybridized carbons (Fsp3) is 0.0833. The molecule has 0 fully saturated rings. The highest BCUT2D eigenvalue weighted by molar-refractivity contribution is 9.10. The number of hydrogen-bond donors (Lipinski definition) is 1. The van der Waals surface area contributed by atoms with Crippen LogP contribution in [0.3, 0.4) is 0 Å². The molecule has 0 saturated carbocycles. The molecule has 0 atom stereocenters. The van der Waals surface area contributed by atoms with Gasteiger partial charge in [-0.15, -0.1) is 0 Å². The molecule has 0 saturated heterocycles. The van der Waals surface area contributed by atoms with Crippen molar-refractivity contribution in [2.45, 2.75) is 6.92 Å². The average molecular weight is 277 g/mol. The monoisotopic (exact) mass is 276 g/mol. The van der Waals surface area contributed by atoms with Gasteiger partial charge in [0.05, 0.1) is 22.9 Å². The van der Waals surface area contributed by atoms with Gasteiger partial charge in [0.2, 0.25) is 0 Å². The molecule has 1 N–H and O–H groups in total. The zero-order chi connectivity index (χ0) is 11.1. The molecule has 0 bridgehead atoms. The summed E-state index contributed by atoms with van der Waals surface area (Å²) in [5.74, 6) is 0.821. The fourth-order valence-corrected chi connectivity index (χ4v) is 2.14. The number of aromatic amines is 1. The molecule has 2 heterocycles. The predicted molar refractivity (Wildman–Crippen MR) is 66.2 cm³/mol. The highest BCUT2D eigenvalue weighted by Crippen LogP contribution is 2.28. The minimum Gasteiger partial charge on any atom is -0.457 e. The van der Waals surface area contributed by atoms with Gasteiger partial charge in [-0.3, -0.25) is 0 Å². The lowest BCUT2D eigenvalue weighted by molar-refractivity contribution is 0.542. The van der Waals surface area contributed by atoms with Crippen molar-refractivity contribution in [2.24, 2.45) is 0 Å². The Morgan fingerprint density at radius 1 is 1.31 bits per heavy atom. The van der Waals surface area contributed by atoms with Gasteiger partial charge in [0.15, 0.2) is 4.67 Å². The first-order chi connectivity index (χ1) is 7.74. The van der Waals surface area contributed by atoms with Crippen molar-refractivity contribution in [2.75, 3.05) is 0 Å². The van der Waals surface area contributed by atoms with Gasteiger partial charge in [-0.25, -0.2) is 4.98 Å². The first kappa shape index (κ1) is 9.66. The van der Waals surface area contributed by atoms with Crippen LogP contribution < -0.4 is 0 Å². The van der Waals surface area contributed by atoms with Gasteiger partial charge < -0.3 is 9.40 Å². The van der Waals surface area contributed by atoms with Gasteiger partial charge in [0.25, 0.3) is 0 Å². The van der Waals surface area contributed by atoms with Crippen molar-refractivity contribution in [3.05, 3.63) is 40.8 Å². The van der Waals surface area contributed by atoms with Crippen LogP contribution in [0.25, 0.3) is 22.4 Å². The number of halogens is 1. The Morgan fingerprint density at radius 2 is 2.19 bits per heavy atom. The average Bonchev–Trinajstić information content (AvgIpc) is 2.82. The number of furan rings is 1. The third-order valence-electron chi connectivity index (χ3n) is 2.51. The van der Waals surface area contributed by atoms with E-state index >= 15 is 0 Å². The normalized spacial score (nSPS) is 11.1. The van der Waals surface area contributed by atoms with Crippen LogP contribution in [0.5, 0.6) is 0 Å². The van der Waals surface area contributed by atoms with Crippen LogP contribution in [0.1, 0.15) is 5.56 Å². The number of benzene rings is 1. The second kappa shape index (κ2) is 3.49. The summed E-state index contributed by atoms with van der Waals surface area (Å²) < 4.78 is 5.89. The molecule has 3 nitrogen and oxygen atoms in total. The lowest BCUT2D eigenvalue weighted by Crippen LogP contribution is -1.76. The van der Waals surface area contributed by atoms with E-state index in [1.54, 1.807) is 6.26 Å². The summed E-state index contributed by atoms with van der Waals surface area (Å²) in [6.45, 7) is 2.06. The molecule has 2 aromatic heterocycles. The van der Waals surface area contributed by atoms with Crippen LogP contribution in [0.2, 0.25) is 0 Å². The molecule has 0 amide bonds. The van der Waals surface area contributed by atoms with E-state index in [1.807, 2.05) is 12.1 Å². The number of imidazole rings is 1. The SMILES string of the molecule is Cc1ccc2nc(-c3ccoc3Br)[nH]c2c1. The highest BCUT2D eigenvalue weighted by Gasteiger charge is 2.10. The maximum Gasteiger partial charge on any atom is 0.179 e. The van der Waals surface area contributed by atoms with Crippen LogP contribution in [0.15, 0.2) is 39.6 Å². The Bertz CT molecular complexity index is 654. The minimum atomic E-state index is 0.697. The van der Waals surface area contributed by atoms with Crippen LogP contribution in [0.4, 0.5) is 0 Å². The molecule has 0 aliphatic heterocycles. The van der Waals surface area contributed by atoms with E-state index in [-0.39, 0.29) is 0 Å². The maximum atomic E-state index is 5.20. The van der Waals surface area contributed by atoms with E-state index in [2.05, 4.69) is 45.0 Å². The fourth-order valence-electron chi connectivity index (χ4n) is 1.71. The van der Waals surface area contributed by atoms with Gasteiger partial charge in [-0.05, 0) is 46.6 Å². The van der Waals surface area contributed by atoms with Gasteiger partial charge in [0, 0.05) is 0 Å². The molecule has 0 aliphatic carbocycles. The lowest BCUT2D eigenvalue weighted by Gasteiger charge is -1.90. The predicted octanol–water partition coefficient (Wildman–Crippen LogP) is 3.89. The number of rotatable bonds is 1. The Morgan fingerprint density at radius 3 is 2.94 bits per heavy atom. The van der Waals surface area contributed by atoms with Crippen molar-refractivity contribution in [3.63, 3.8) is 0 Å². The summed E-state index contributed by atoms with van der Waals surface area (Å²) >= 11 is 3.35. The number of hydrogen-bond acceptors (Lipinski definition) is 2. The van der Waals surface area contributed by atoms with Gasteiger partial charge in [0.1, 0.15) is 5.82 Å². The summed E-state index contributed by atoms with van der Waals surface area (Å²) in [6, 6.07) is 8.03. The van der Waals surface area contributed by atoms with Crippen molar-refractivity contribution in [1.82, 2.24) is 9.97 Å². The van der Waals surface area contributed by atoms with Crippen molar-refractivity contribution < 1.29 is 4.42 Å². The number of nitrogens with one attached hydrogen (secondary N) is 1. The molecular weight excluding hydrogens is 268 g/mol. The molecule has 0 spiro atoms. The molecule has 4 heteroatoms. The highest BCUT2D eigenvalue weighted by atomic mass is 79.9. The van der Waals surface area contributed by atoms with E-state index in [1.165, 1.54) is 5.56 Å². The summed E-state index contributed by atoms with van der Waals surface area (Å²) in [6.07, 6.45) is 1.64. The van der Waals surface area contributed by atoms with Crippen molar-refractivity contribution in [1.29, 1.82) is 0 Å². The second-order valence-corrected chi connectivity index (χ2v) is 4.43. The van der Waals surface area contributed by atoms with Crippen LogP contribution >= 0.6 is 15.9 Å². The molecule has 16 heavy (non-hydrogen) atoms. The Kier molecular flexibility index (Phi) is 2.11. The summed E-state index contributed by atoms with van der Waals surface area (Å²) in [5.41, 5.74) is 4.17. The zero-order valence-electron chi connectivity index (χ0n) is 8.62. The molecule has 3 aromatic rings. The van der Waals surface area contributed by atoms with E-state index in [0.717, 1.165) is 22.4 Å². The summed E-state index contributed by atoms with van der Waals surface area (Å²) in [4.78, 5) is 7.79. The Hall–Kier alpha value is -1.55. The topological polar surface area (TPSA) is 41.8 Å². The standard InChI is InChI=1S/C12H9BrN2O/c1-7-2-3-9-10(6-7)15-12(14-9)8-4-5-16-11(8)13/h2-6H,1H3,(H,14,15). The number of nitrogens with zero attached hydrogens (tertiary/aromatic N) is 1. The summed E-state index contributed by atoms with van der Waals surface area (Å²) in [5, 5.41) is 0. The number of aryl methyl sites for hydroxylation is 1. The quantitative estimate of drug-likeness (QED) is 0.733. The molecular formula is C12H9BrN2O. The van der Waals surface area contributed by atoms with Crippen LogP contribution in [-0.2, 0) is 0 Å². The molecule has 0 unspecified atom stereocenters. The van der Waals surface area contributed by atoms with Crippen molar-refractivity contribution >= 4 is 27.0 Å². The Balaban J connectivity index is 2.23. The zero-order valence-corrected chi connectivity index (χ0v) is 10.2. The minimum absolute atomic E-state index is 0.697. The third-order valence-corrected chi connectivity index (χ3v) is 3.12. The number of H-pyrrole nitrogens is 1. The molecule has 0 aliphatic rings. The van der Waals surface area contributed by atoms with Crippen LogP contribution in [0, 0.1) is 6.92 Å². The first-order valence-corrected chi connectivity index (χ1v) is 5.73. The number of aromatic nitrogens is 2. The molecule has 3 rings (SSSR count). The first-order valence-electron chi connectivity index (χ1n) is 4.94. The van der Waals surface area contributed by atoms with E-state index in [9.17, 15) is 0 Å². The lowest BCUT2D eigenvalue weighted by atomic mass is 10.2. The molecule has 1 aromatic carbocycles. The largest absolute Gasteiger partial charge is 0.457 e. The summed E-state index contributed by atoms with van der Waals surface area (Å²) in [7, 11) is 0. The van der Waals surface area contributed by atoms with E-state index in [0.29, 0.717) is 4.67 Å². The molecule has 80 valence electrons. The number of fused-ring (bicyclic) bond motifs is 1. The maximum absolute atomic E-state index is 5.20. The smallest absolute Gasteiger partial charge is 0.179 e. The van der Waals surface area contributed by atoms with Gasteiger partial charge in [-0.2, -0.15) is 0 Å². The van der Waals surface area contributed by atoms with Gasteiger partial charge in [-0.1, -0.05) is 6.07 Å². The second-order valence-electron chi connectivity index (χ2n) is 3.71. The van der Waals surface area contributed by atoms with Crippen molar-refractivity contribution in [3.8, 4) is 11.4 Å².